The van der Waals surface area contributed by atoms with Gasteiger partial charge in [0.05, 0.1) is 0 Å². The van der Waals surface area contributed by atoms with Gasteiger partial charge < -0.3 is 20.0 Å². The van der Waals surface area contributed by atoms with E-state index in [1.54, 1.807) is 6.08 Å². The van der Waals surface area contributed by atoms with Gasteiger partial charge in [-0.2, -0.15) is 5.26 Å². The van der Waals surface area contributed by atoms with Crippen molar-refractivity contribution in [1.82, 2.24) is 4.90 Å². The number of carbonyl (C=O) groups is 1. The quantitative estimate of drug-likeness (QED) is 0.312. The number of likely N-dealkylation sites (tertiary alicyclic amines) is 1. The largest absolute Gasteiger partial charge is 0.477 e. The van der Waals surface area contributed by atoms with Crippen LogP contribution in [0, 0.1) is 28.6 Å². The van der Waals surface area contributed by atoms with Crippen molar-refractivity contribution < 1.29 is 15.0 Å². The number of carboxylic acid groups (broad SMARTS) is 1. The van der Waals surface area contributed by atoms with Crippen molar-refractivity contribution in [2.75, 3.05) is 31.1 Å². The van der Waals surface area contributed by atoms with E-state index < -0.39 is 5.97 Å². The Hall–Kier alpha value is -3.30. The second kappa shape index (κ2) is 11.7. The number of nitrogens with zero attached hydrogens (tertiary/aromatic N) is 3. The monoisotopic (exact) mass is 543 g/mol. The van der Waals surface area contributed by atoms with Crippen LogP contribution in [0.3, 0.4) is 0 Å². The molecule has 0 radical (unpaired) electrons. The molecular weight excluding hydrogens is 498 g/mol. The van der Waals surface area contributed by atoms with Crippen molar-refractivity contribution in [3.05, 3.63) is 76.2 Å². The number of para-hydroxylation sites is 1. The molecule has 1 fully saturated rings. The smallest absolute Gasteiger partial charge is 0.346 e. The lowest BCUT2D eigenvalue weighted by atomic mass is 9.69. The van der Waals surface area contributed by atoms with Crippen LogP contribution in [0.15, 0.2) is 70.6 Å². The van der Waals surface area contributed by atoms with E-state index in [1.165, 1.54) is 22.5 Å². The minimum absolute atomic E-state index is 0.00901. The van der Waals surface area contributed by atoms with Crippen molar-refractivity contribution >= 4 is 11.7 Å². The number of hydrogen-bond acceptors (Lipinski definition) is 5. The lowest BCUT2D eigenvalue weighted by Gasteiger charge is -2.42. The van der Waals surface area contributed by atoms with Crippen LogP contribution in [0.25, 0.3) is 0 Å². The maximum absolute atomic E-state index is 11.9. The summed E-state index contributed by atoms with van der Waals surface area (Å²) in [6, 6.07) is 10.5. The molecule has 4 rings (SSSR count). The highest BCUT2D eigenvalue weighted by Gasteiger charge is 2.39. The Kier molecular flexibility index (Phi) is 8.66. The van der Waals surface area contributed by atoms with Crippen LogP contribution < -0.4 is 4.90 Å². The summed E-state index contributed by atoms with van der Waals surface area (Å²) in [6.07, 6.45) is 9.54. The first kappa shape index (κ1) is 29.7. The third-order valence-electron chi connectivity index (χ3n) is 9.18. The molecule has 1 aliphatic carbocycles. The number of anilines is 1. The zero-order valence-corrected chi connectivity index (χ0v) is 25.0. The number of aliphatic carboxylic acids is 1. The van der Waals surface area contributed by atoms with E-state index in [0.29, 0.717) is 11.8 Å². The Balaban J connectivity index is 1.89. The molecule has 0 spiro atoms. The molecule has 2 heterocycles. The number of piperidine rings is 1. The number of fused-ring (bicyclic) bond motifs is 1. The van der Waals surface area contributed by atoms with Crippen molar-refractivity contribution in [2.45, 2.75) is 72.6 Å². The van der Waals surface area contributed by atoms with Crippen molar-refractivity contribution in [3.8, 4) is 6.07 Å². The second-order valence-electron chi connectivity index (χ2n) is 13.1. The first-order chi connectivity index (χ1) is 18.9. The molecule has 214 valence electrons. The maximum Gasteiger partial charge on any atom is 0.346 e. The van der Waals surface area contributed by atoms with Gasteiger partial charge in [-0.25, -0.2) is 4.79 Å². The molecule has 3 aliphatic rings. The van der Waals surface area contributed by atoms with E-state index in [4.69, 9.17) is 0 Å². The predicted molar refractivity (Wildman–Crippen MR) is 161 cm³/mol. The molecular formula is C34H45N3O3. The molecule has 0 bridgehead atoms. The minimum atomic E-state index is -1.19. The van der Waals surface area contributed by atoms with E-state index in [9.17, 15) is 20.3 Å². The summed E-state index contributed by atoms with van der Waals surface area (Å²) in [5, 5.41) is 29.1. The molecule has 0 amide bonds. The van der Waals surface area contributed by atoms with Gasteiger partial charge in [0.25, 0.3) is 0 Å². The van der Waals surface area contributed by atoms with Crippen molar-refractivity contribution in [3.63, 3.8) is 0 Å². The van der Waals surface area contributed by atoms with Gasteiger partial charge in [0.2, 0.25) is 0 Å². The second-order valence-corrected chi connectivity index (χ2v) is 13.1. The normalized spacial score (nSPS) is 24.1. The van der Waals surface area contributed by atoms with Crippen LogP contribution in [0.5, 0.6) is 0 Å². The Labute approximate surface area is 240 Å². The number of aliphatic hydroxyl groups is 1. The zero-order chi connectivity index (χ0) is 29.2. The molecule has 2 aliphatic heterocycles. The molecule has 6 heteroatoms. The Bertz CT molecular complexity index is 1290. The fourth-order valence-electron chi connectivity index (χ4n) is 6.61. The fourth-order valence-corrected chi connectivity index (χ4v) is 6.61. The standard InChI is InChI=1S/C34H45N3O3/c1-7-37-29-11-9-8-10-28(29)34(5,6)30(37)13-12-24-19-27(33(2,3)4)20-25(18-26(21-35)32(39)40)31(24)36-16-14-23(22-38)15-17-36/h8-13,18,23,27,38H,7,14-17,19-20,22H2,1-6H3,(H,39,40)/b24-12+,26-18+,30-13+. The molecule has 1 unspecified atom stereocenters. The highest BCUT2D eigenvalue weighted by molar-refractivity contribution is 5.91. The van der Waals surface area contributed by atoms with Gasteiger partial charge in [0, 0.05) is 48.7 Å². The third kappa shape index (κ3) is 5.76. The van der Waals surface area contributed by atoms with Gasteiger partial charge in [-0.05, 0) is 84.8 Å². The summed E-state index contributed by atoms with van der Waals surface area (Å²) in [4.78, 5) is 16.7. The average molecular weight is 544 g/mol. The van der Waals surface area contributed by atoms with Crippen LogP contribution in [0.2, 0.25) is 0 Å². The Morgan fingerprint density at radius 2 is 1.82 bits per heavy atom. The topological polar surface area (TPSA) is 87.8 Å². The van der Waals surface area contributed by atoms with E-state index in [-0.39, 0.29) is 23.0 Å². The molecule has 1 atom stereocenters. The average Bonchev–Trinajstić information content (AvgIpc) is 3.15. The summed E-state index contributed by atoms with van der Waals surface area (Å²) in [7, 11) is 0. The maximum atomic E-state index is 11.9. The molecule has 0 aromatic heterocycles. The predicted octanol–water partition coefficient (Wildman–Crippen LogP) is 6.56. The molecule has 2 N–H and O–H groups in total. The van der Waals surface area contributed by atoms with Gasteiger partial charge in [-0.15, -0.1) is 0 Å². The summed E-state index contributed by atoms with van der Waals surface area (Å²) >= 11 is 0. The number of rotatable bonds is 6. The SMILES string of the molecule is CCN1/C(=C/C=C2\CC(C(C)(C)C)CC(/C=C(\C#N)C(=O)O)=C2N2CCC(CO)CC2)C(C)(C)c2ccccc21. The number of aliphatic hydroxyl groups excluding tert-OH is 1. The lowest BCUT2D eigenvalue weighted by Crippen LogP contribution is -2.38. The first-order valence-electron chi connectivity index (χ1n) is 14.6. The number of carboxylic acids is 1. The summed E-state index contributed by atoms with van der Waals surface area (Å²) in [5.74, 6) is -0.601. The summed E-state index contributed by atoms with van der Waals surface area (Å²) < 4.78 is 0. The van der Waals surface area contributed by atoms with E-state index in [2.05, 4.69) is 87.8 Å². The van der Waals surface area contributed by atoms with E-state index >= 15 is 0 Å². The van der Waals surface area contributed by atoms with Crippen molar-refractivity contribution in [2.24, 2.45) is 17.3 Å². The lowest BCUT2D eigenvalue weighted by molar-refractivity contribution is -0.132. The van der Waals surface area contributed by atoms with Gasteiger partial charge in [-0.1, -0.05) is 58.9 Å². The number of hydrogen-bond donors (Lipinski definition) is 2. The minimum Gasteiger partial charge on any atom is -0.477 e. The zero-order valence-electron chi connectivity index (χ0n) is 25.0. The Morgan fingerprint density at radius 3 is 2.40 bits per heavy atom. The molecule has 0 saturated carbocycles. The van der Waals surface area contributed by atoms with Crippen molar-refractivity contribution in [1.29, 1.82) is 5.26 Å². The molecule has 6 nitrogen and oxygen atoms in total. The van der Waals surface area contributed by atoms with E-state index in [0.717, 1.165) is 56.6 Å². The summed E-state index contributed by atoms with van der Waals surface area (Å²) in [6.45, 7) is 16.1. The van der Waals surface area contributed by atoms with Crippen LogP contribution in [-0.2, 0) is 10.2 Å². The number of likely N-dealkylation sites (N-methyl/N-ethyl adjacent to an activating group) is 1. The highest BCUT2D eigenvalue weighted by atomic mass is 16.4. The number of allylic oxidation sites excluding steroid dienone is 6. The van der Waals surface area contributed by atoms with Crippen LogP contribution in [0.1, 0.15) is 72.8 Å². The van der Waals surface area contributed by atoms with Crippen LogP contribution in [0.4, 0.5) is 5.69 Å². The Morgan fingerprint density at radius 1 is 1.15 bits per heavy atom. The highest BCUT2D eigenvalue weighted by Crippen LogP contribution is 2.49. The molecule has 1 saturated heterocycles. The van der Waals surface area contributed by atoms with Gasteiger partial charge in [-0.3, -0.25) is 0 Å². The summed E-state index contributed by atoms with van der Waals surface area (Å²) in [5.41, 5.74) is 6.65. The first-order valence-corrected chi connectivity index (χ1v) is 14.6. The molecule has 40 heavy (non-hydrogen) atoms. The van der Waals surface area contributed by atoms with Gasteiger partial charge in [0.1, 0.15) is 11.6 Å². The number of benzene rings is 1. The van der Waals surface area contributed by atoms with Gasteiger partial charge >= 0.3 is 5.97 Å². The van der Waals surface area contributed by atoms with Crippen LogP contribution in [-0.4, -0.2) is 47.3 Å². The third-order valence-corrected chi connectivity index (χ3v) is 9.18. The van der Waals surface area contributed by atoms with Crippen LogP contribution >= 0.6 is 0 Å². The van der Waals surface area contributed by atoms with Gasteiger partial charge in [0.15, 0.2) is 0 Å². The molecule has 1 aromatic rings. The number of nitriles is 1. The molecule has 1 aromatic carbocycles. The van der Waals surface area contributed by atoms with E-state index in [1.807, 2.05) is 6.07 Å². The fraction of sp³-hybridized carbons (Fsp3) is 0.529.